The Morgan fingerprint density at radius 1 is 1.38 bits per heavy atom. The molecule has 1 amide bonds. The van der Waals surface area contributed by atoms with Gasteiger partial charge in [-0.1, -0.05) is 20.3 Å². The molecule has 0 bridgehead atoms. The van der Waals surface area contributed by atoms with Gasteiger partial charge in [0.2, 0.25) is 0 Å². The first-order valence-electron chi connectivity index (χ1n) is 9.19. The Balaban J connectivity index is 2.13. The van der Waals surface area contributed by atoms with E-state index in [1.54, 1.807) is 0 Å². The lowest BCUT2D eigenvalue weighted by Crippen LogP contribution is -2.48. The average Bonchev–Trinajstić information content (AvgIpc) is 2.55. The van der Waals surface area contributed by atoms with Crippen LogP contribution in [0.15, 0.2) is 18.2 Å². The molecule has 1 aliphatic carbocycles. The predicted molar refractivity (Wildman–Crippen MR) is 97.6 cm³/mol. The molecule has 4 heteroatoms. The van der Waals surface area contributed by atoms with Crippen molar-refractivity contribution in [2.45, 2.75) is 65.4 Å². The summed E-state index contributed by atoms with van der Waals surface area (Å²) in [5.41, 5.74) is 1.15. The van der Waals surface area contributed by atoms with Gasteiger partial charge in [-0.3, -0.25) is 4.79 Å². The van der Waals surface area contributed by atoms with E-state index in [4.69, 9.17) is 9.47 Å². The maximum atomic E-state index is 13.0. The Morgan fingerprint density at radius 3 is 2.79 bits per heavy atom. The molecule has 1 aromatic carbocycles. The topological polar surface area (TPSA) is 47.6 Å². The fourth-order valence-corrected chi connectivity index (χ4v) is 3.49. The Kier molecular flexibility index (Phi) is 6.67. The second-order valence-corrected chi connectivity index (χ2v) is 6.91. The van der Waals surface area contributed by atoms with Gasteiger partial charge in [0.25, 0.3) is 5.91 Å². The lowest BCUT2D eigenvalue weighted by atomic mass is 9.78. The molecule has 0 heterocycles. The molecule has 1 fully saturated rings. The number of amides is 1. The van der Waals surface area contributed by atoms with Crippen molar-refractivity contribution in [2.75, 3.05) is 18.5 Å². The van der Waals surface area contributed by atoms with Crippen LogP contribution >= 0.6 is 0 Å². The molecule has 0 radical (unpaired) electrons. The quantitative estimate of drug-likeness (QED) is 0.786. The molecule has 24 heavy (non-hydrogen) atoms. The van der Waals surface area contributed by atoms with Gasteiger partial charge in [-0.05, 0) is 69.2 Å². The van der Waals surface area contributed by atoms with E-state index >= 15 is 0 Å². The monoisotopic (exact) mass is 333 g/mol. The molecular weight excluding hydrogens is 302 g/mol. The summed E-state index contributed by atoms with van der Waals surface area (Å²) in [6, 6.07) is 5.77. The van der Waals surface area contributed by atoms with Crippen LogP contribution in [0.3, 0.4) is 0 Å². The standard InChI is InChI=1S/C20H31NO3/c1-5-12-24-20(11-7-8-15(3)14-20)19(22)21-17-9-10-18(23-6-2)16(4)13-17/h9-10,13,15H,5-8,11-12,14H2,1-4H3,(H,21,22). The molecule has 0 aliphatic heterocycles. The molecule has 0 aromatic heterocycles. The number of aryl methyl sites for hydroxylation is 1. The first-order chi connectivity index (χ1) is 11.5. The zero-order chi connectivity index (χ0) is 17.6. The van der Waals surface area contributed by atoms with Crippen molar-refractivity contribution in [2.24, 2.45) is 5.92 Å². The molecular formula is C20H31NO3. The normalized spacial score (nSPS) is 23.8. The summed E-state index contributed by atoms with van der Waals surface area (Å²) >= 11 is 0. The third-order valence-electron chi connectivity index (χ3n) is 4.68. The first-order valence-corrected chi connectivity index (χ1v) is 9.19. The van der Waals surface area contributed by atoms with Gasteiger partial charge in [-0.25, -0.2) is 0 Å². The van der Waals surface area contributed by atoms with E-state index in [2.05, 4.69) is 19.2 Å². The Morgan fingerprint density at radius 2 is 2.17 bits per heavy atom. The lowest BCUT2D eigenvalue weighted by Gasteiger charge is -2.38. The summed E-state index contributed by atoms with van der Waals surface area (Å²) in [4.78, 5) is 13.0. The third kappa shape index (κ3) is 4.50. The van der Waals surface area contributed by atoms with Crippen LogP contribution in [0.1, 0.15) is 58.4 Å². The molecule has 1 aliphatic rings. The minimum absolute atomic E-state index is 0.00828. The number of rotatable bonds is 7. The zero-order valence-corrected chi connectivity index (χ0v) is 15.5. The van der Waals surface area contributed by atoms with E-state index in [1.807, 2.05) is 32.0 Å². The molecule has 4 nitrogen and oxygen atoms in total. The van der Waals surface area contributed by atoms with Gasteiger partial charge in [0.15, 0.2) is 0 Å². The van der Waals surface area contributed by atoms with E-state index in [0.29, 0.717) is 19.1 Å². The van der Waals surface area contributed by atoms with Gasteiger partial charge in [0.1, 0.15) is 11.4 Å². The van der Waals surface area contributed by atoms with Gasteiger partial charge >= 0.3 is 0 Å². The van der Waals surface area contributed by atoms with Crippen LogP contribution in [0.4, 0.5) is 5.69 Å². The fourth-order valence-electron chi connectivity index (χ4n) is 3.49. The Bertz CT molecular complexity index is 558. The summed E-state index contributed by atoms with van der Waals surface area (Å²) in [7, 11) is 0. The van der Waals surface area contributed by atoms with Crippen molar-refractivity contribution in [3.8, 4) is 5.75 Å². The summed E-state index contributed by atoms with van der Waals surface area (Å²) in [6.07, 6.45) is 4.74. The van der Waals surface area contributed by atoms with Gasteiger partial charge in [-0.15, -0.1) is 0 Å². The van der Waals surface area contributed by atoms with E-state index in [9.17, 15) is 4.79 Å². The predicted octanol–water partition coefficient (Wildman–Crippen LogP) is 4.71. The summed E-state index contributed by atoms with van der Waals surface area (Å²) in [5.74, 6) is 1.37. The maximum absolute atomic E-state index is 13.0. The SMILES string of the molecule is CCCOC1(C(=O)Nc2ccc(OCC)c(C)c2)CCCC(C)C1. The van der Waals surface area contributed by atoms with Gasteiger partial charge in [-0.2, -0.15) is 0 Å². The molecule has 2 unspecified atom stereocenters. The number of carbonyl (C=O) groups excluding carboxylic acids is 1. The van der Waals surface area contributed by atoms with Crippen LogP contribution in [0.2, 0.25) is 0 Å². The zero-order valence-electron chi connectivity index (χ0n) is 15.5. The van der Waals surface area contributed by atoms with E-state index in [1.165, 1.54) is 6.42 Å². The van der Waals surface area contributed by atoms with Crippen molar-refractivity contribution in [1.29, 1.82) is 0 Å². The summed E-state index contributed by atoms with van der Waals surface area (Å²) in [5, 5.41) is 3.07. The third-order valence-corrected chi connectivity index (χ3v) is 4.68. The highest BCUT2D eigenvalue weighted by molar-refractivity contribution is 5.97. The highest BCUT2D eigenvalue weighted by Gasteiger charge is 2.42. The largest absolute Gasteiger partial charge is 0.494 e. The number of anilines is 1. The molecule has 134 valence electrons. The average molecular weight is 333 g/mol. The fraction of sp³-hybridized carbons (Fsp3) is 0.650. The van der Waals surface area contributed by atoms with Crippen molar-refractivity contribution in [1.82, 2.24) is 0 Å². The molecule has 1 saturated carbocycles. The number of hydrogen-bond donors (Lipinski definition) is 1. The van der Waals surface area contributed by atoms with Crippen LogP contribution in [-0.2, 0) is 9.53 Å². The first kappa shape index (κ1) is 18.8. The Hall–Kier alpha value is -1.55. The second-order valence-electron chi connectivity index (χ2n) is 6.91. The number of nitrogens with one attached hydrogen (secondary N) is 1. The molecule has 0 spiro atoms. The van der Waals surface area contributed by atoms with Crippen LogP contribution in [0.25, 0.3) is 0 Å². The smallest absolute Gasteiger partial charge is 0.256 e. The van der Waals surface area contributed by atoms with Crippen LogP contribution in [0, 0.1) is 12.8 Å². The molecule has 1 aromatic rings. The molecule has 1 N–H and O–H groups in total. The van der Waals surface area contributed by atoms with Crippen molar-refractivity contribution < 1.29 is 14.3 Å². The van der Waals surface area contributed by atoms with E-state index in [0.717, 1.165) is 42.7 Å². The molecule has 2 atom stereocenters. The number of carbonyl (C=O) groups is 1. The number of ether oxygens (including phenoxy) is 2. The minimum atomic E-state index is -0.680. The van der Waals surface area contributed by atoms with E-state index < -0.39 is 5.60 Å². The van der Waals surface area contributed by atoms with Crippen LogP contribution < -0.4 is 10.1 Å². The van der Waals surface area contributed by atoms with Crippen molar-refractivity contribution in [3.05, 3.63) is 23.8 Å². The summed E-state index contributed by atoms with van der Waals surface area (Å²) in [6.45, 7) is 9.51. The van der Waals surface area contributed by atoms with Crippen molar-refractivity contribution >= 4 is 11.6 Å². The maximum Gasteiger partial charge on any atom is 0.256 e. The van der Waals surface area contributed by atoms with Gasteiger partial charge in [0, 0.05) is 12.3 Å². The lowest BCUT2D eigenvalue weighted by molar-refractivity contribution is -0.148. The van der Waals surface area contributed by atoms with Gasteiger partial charge < -0.3 is 14.8 Å². The van der Waals surface area contributed by atoms with Crippen LogP contribution in [0.5, 0.6) is 5.75 Å². The minimum Gasteiger partial charge on any atom is -0.494 e. The number of benzene rings is 1. The highest BCUT2D eigenvalue weighted by Crippen LogP contribution is 2.36. The van der Waals surface area contributed by atoms with E-state index in [-0.39, 0.29) is 5.91 Å². The number of hydrogen-bond acceptors (Lipinski definition) is 3. The van der Waals surface area contributed by atoms with Gasteiger partial charge in [0.05, 0.1) is 6.61 Å². The van der Waals surface area contributed by atoms with Crippen molar-refractivity contribution in [3.63, 3.8) is 0 Å². The second kappa shape index (κ2) is 8.52. The molecule has 2 rings (SSSR count). The highest BCUT2D eigenvalue weighted by atomic mass is 16.5. The Labute approximate surface area is 145 Å². The van der Waals surface area contributed by atoms with Crippen LogP contribution in [-0.4, -0.2) is 24.7 Å². The summed E-state index contributed by atoms with van der Waals surface area (Å²) < 4.78 is 11.6. The molecule has 0 saturated heterocycles.